The number of likely N-dealkylation sites (N-methyl/N-ethyl adjacent to an activating group) is 1. The van der Waals surface area contributed by atoms with Crippen LogP contribution in [0.3, 0.4) is 0 Å². The molecule has 17 heavy (non-hydrogen) atoms. The summed E-state index contributed by atoms with van der Waals surface area (Å²) in [7, 11) is 4.11. The molecule has 1 saturated heterocycles. The van der Waals surface area contributed by atoms with Crippen LogP contribution in [0.4, 0.5) is 0 Å². The predicted octanol–water partition coefficient (Wildman–Crippen LogP) is 2.09. The lowest BCUT2D eigenvalue weighted by Gasteiger charge is -2.56. The average Bonchev–Trinajstić information content (AvgIpc) is 2.23. The van der Waals surface area contributed by atoms with E-state index in [0.717, 1.165) is 6.54 Å². The smallest absolute Gasteiger partial charge is 0.140 e. The number of ether oxygens (including phenoxy) is 2. The molecule has 0 N–H and O–H groups in total. The number of alkyl halides is 1. The molecule has 0 unspecified atom stereocenters. The molecule has 3 atom stereocenters. The Morgan fingerprint density at radius 3 is 2.29 bits per heavy atom. The number of hydrazine groups is 1. The first-order valence-electron chi connectivity index (χ1n) is 6.18. The third kappa shape index (κ3) is 2.68. The quantitative estimate of drug-likeness (QED) is 0.743. The molecule has 0 bridgehead atoms. The van der Waals surface area contributed by atoms with Gasteiger partial charge in [0.2, 0.25) is 0 Å². The van der Waals surface area contributed by atoms with Crippen molar-refractivity contribution in [3.05, 3.63) is 0 Å². The van der Waals surface area contributed by atoms with Crippen LogP contribution in [0.1, 0.15) is 27.7 Å². The highest BCUT2D eigenvalue weighted by molar-refractivity contribution is 9.10. The van der Waals surface area contributed by atoms with E-state index in [2.05, 4.69) is 46.8 Å². The van der Waals surface area contributed by atoms with Crippen LogP contribution in [0.15, 0.2) is 0 Å². The minimum absolute atomic E-state index is 0.0391. The molecule has 5 heteroatoms. The van der Waals surface area contributed by atoms with Gasteiger partial charge in [0, 0.05) is 33.9 Å². The standard InChI is InChI=1S/C12H25BrN2O2/c1-7-16-10-12(4,13)11(3,17-8-2)9-14(5)15(10)6/h10H,7-9H2,1-6H3/t10-,11-,12-/m0/s1. The summed E-state index contributed by atoms with van der Waals surface area (Å²) in [6, 6.07) is 0. The Morgan fingerprint density at radius 2 is 1.82 bits per heavy atom. The average molecular weight is 309 g/mol. The normalized spacial score (nSPS) is 40.8. The third-order valence-electron chi connectivity index (χ3n) is 3.69. The molecule has 1 aliphatic heterocycles. The van der Waals surface area contributed by atoms with Gasteiger partial charge < -0.3 is 9.47 Å². The molecule has 1 heterocycles. The van der Waals surface area contributed by atoms with Crippen LogP contribution in [0.25, 0.3) is 0 Å². The molecule has 0 aliphatic carbocycles. The third-order valence-corrected chi connectivity index (χ3v) is 4.92. The number of hydrogen-bond donors (Lipinski definition) is 0. The van der Waals surface area contributed by atoms with Gasteiger partial charge in [-0.3, -0.25) is 0 Å². The Bertz CT molecular complexity index is 263. The van der Waals surface area contributed by atoms with Crippen LogP contribution in [-0.2, 0) is 9.47 Å². The minimum Gasteiger partial charge on any atom is -0.373 e. The Hall–Kier alpha value is 0.320. The van der Waals surface area contributed by atoms with E-state index >= 15 is 0 Å². The Balaban J connectivity index is 3.02. The largest absolute Gasteiger partial charge is 0.373 e. The zero-order valence-corrected chi connectivity index (χ0v) is 13.4. The second kappa shape index (κ2) is 5.53. The summed E-state index contributed by atoms with van der Waals surface area (Å²) >= 11 is 3.83. The highest BCUT2D eigenvalue weighted by Gasteiger charge is 2.56. The zero-order valence-electron chi connectivity index (χ0n) is 11.8. The summed E-state index contributed by atoms with van der Waals surface area (Å²) in [5, 5.41) is 4.28. The lowest BCUT2D eigenvalue weighted by molar-refractivity contribution is -0.243. The summed E-state index contributed by atoms with van der Waals surface area (Å²) in [5.41, 5.74) is -0.275. The maximum absolute atomic E-state index is 5.99. The molecule has 102 valence electrons. The molecule has 1 aliphatic rings. The van der Waals surface area contributed by atoms with Crippen molar-refractivity contribution in [1.29, 1.82) is 0 Å². The van der Waals surface area contributed by atoms with Gasteiger partial charge in [0.25, 0.3) is 0 Å². The molecule has 0 aromatic heterocycles. The number of hydrogen-bond acceptors (Lipinski definition) is 4. The molecule has 1 fully saturated rings. The first kappa shape index (κ1) is 15.4. The van der Waals surface area contributed by atoms with Crippen LogP contribution >= 0.6 is 15.9 Å². The van der Waals surface area contributed by atoms with E-state index in [1.165, 1.54) is 0 Å². The van der Waals surface area contributed by atoms with Gasteiger partial charge in [0.15, 0.2) is 0 Å². The molecule has 0 saturated carbocycles. The van der Waals surface area contributed by atoms with E-state index in [1.54, 1.807) is 0 Å². The van der Waals surface area contributed by atoms with E-state index in [-0.39, 0.29) is 16.2 Å². The fraction of sp³-hybridized carbons (Fsp3) is 1.00. The van der Waals surface area contributed by atoms with Crippen molar-refractivity contribution >= 4 is 15.9 Å². The molecule has 0 spiro atoms. The molecule has 0 radical (unpaired) electrons. The van der Waals surface area contributed by atoms with Crippen LogP contribution in [0, 0.1) is 0 Å². The first-order valence-corrected chi connectivity index (χ1v) is 6.97. The van der Waals surface area contributed by atoms with Crippen molar-refractivity contribution in [3.8, 4) is 0 Å². The fourth-order valence-corrected chi connectivity index (χ4v) is 3.09. The van der Waals surface area contributed by atoms with E-state index in [9.17, 15) is 0 Å². The van der Waals surface area contributed by atoms with Crippen molar-refractivity contribution in [1.82, 2.24) is 10.0 Å². The van der Waals surface area contributed by atoms with Gasteiger partial charge in [-0.25, -0.2) is 10.0 Å². The molecular formula is C12H25BrN2O2. The summed E-state index contributed by atoms with van der Waals surface area (Å²) in [4.78, 5) is 0. The van der Waals surface area contributed by atoms with E-state index < -0.39 is 0 Å². The first-order chi connectivity index (χ1) is 7.80. The van der Waals surface area contributed by atoms with E-state index in [0.29, 0.717) is 13.2 Å². The fourth-order valence-electron chi connectivity index (χ4n) is 2.42. The van der Waals surface area contributed by atoms with Crippen LogP contribution in [0.2, 0.25) is 0 Å². The lowest BCUT2D eigenvalue weighted by Crippen LogP contribution is -2.72. The van der Waals surface area contributed by atoms with Crippen molar-refractivity contribution in [3.63, 3.8) is 0 Å². The van der Waals surface area contributed by atoms with Crippen LogP contribution in [-0.4, -0.2) is 60.0 Å². The monoisotopic (exact) mass is 308 g/mol. The highest BCUT2D eigenvalue weighted by Crippen LogP contribution is 2.43. The van der Waals surface area contributed by atoms with Crippen molar-refractivity contribution in [2.75, 3.05) is 33.9 Å². The molecule has 0 aromatic carbocycles. The van der Waals surface area contributed by atoms with Gasteiger partial charge in [-0.15, -0.1) is 0 Å². The number of rotatable bonds is 4. The minimum atomic E-state index is -0.275. The number of halogens is 1. The Morgan fingerprint density at radius 1 is 1.24 bits per heavy atom. The molecule has 0 amide bonds. The predicted molar refractivity (Wildman–Crippen MR) is 73.2 cm³/mol. The van der Waals surface area contributed by atoms with Gasteiger partial charge in [-0.2, -0.15) is 0 Å². The van der Waals surface area contributed by atoms with Crippen LogP contribution < -0.4 is 0 Å². The molecule has 0 aromatic rings. The van der Waals surface area contributed by atoms with Gasteiger partial charge in [-0.1, -0.05) is 15.9 Å². The highest BCUT2D eigenvalue weighted by atomic mass is 79.9. The van der Waals surface area contributed by atoms with Crippen molar-refractivity contribution in [2.24, 2.45) is 0 Å². The number of nitrogens with zero attached hydrogens (tertiary/aromatic N) is 2. The molecule has 1 rings (SSSR count). The van der Waals surface area contributed by atoms with E-state index in [4.69, 9.17) is 9.47 Å². The van der Waals surface area contributed by atoms with Crippen LogP contribution in [0.5, 0.6) is 0 Å². The molecule has 4 nitrogen and oxygen atoms in total. The van der Waals surface area contributed by atoms with Gasteiger partial charge >= 0.3 is 0 Å². The maximum atomic E-state index is 5.99. The summed E-state index contributed by atoms with van der Waals surface area (Å²) in [6.45, 7) is 10.6. The lowest BCUT2D eigenvalue weighted by atomic mass is 9.86. The zero-order chi connectivity index (χ0) is 13.3. The summed E-state index contributed by atoms with van der Waals surface area (Å²) in [5.74, 6) is 0. The Kier molecular flexibility index (Phi) is 5.00. The van der Waals surface area contributed by atoms with E-state index in [1.807, 2.05) is 20.9 Å². The SMILES string of the molecule is CCO[C@@H]1N(C)N(C)C[C@](C)(OCC)[C@@]1(C)Br. The maximum Gasteiger partial charge on any atom is 0.140 e. The van der Waals surface area contributed by atoms with Gasteiger partial charge in [0.1, 0.15) is 6.23 Å². The Labute approximate surface area is 113 Å². The second-order valence-corrected chi connectivity index (χ2v) is 6.58. The summed E-state index contributed by atoms with van der Waals surface area (Å²) < 4.78 is 11.6. The van der Waals surface area contributed by atoms with Crippen molar-refractivity contribution in [2.45, 2.75) is 43.8 Å². The van der Waals surface area contributed by atoms with Crippen molar-refractivity contribution < 1.29 is 9.47 Å². The molecular weight excluding hydrogens is 284 g/mol. The summed E-state index contributed by atoms with van der Waals surface area (Å²) in [6.07, 6.45) is -0.0391. The van der Waals surface area contributed by atoms with Gasteiger partial charge in [0.05, 0.1) is 9.93 Å². The second-order valence-electron chi connectivity index (χ2n) is 4.94. The van der Waals surface area contributed by atoms with Gasteiger partial charge in [-0.05, 0) is 27.7 Å². The topological polar surface area (TPSA) is 24.9 Å².